The van der Waals surface area contributed by atoms with E-state index in [1.807, 2.05) is 67.8 Å². The van der Waals surface area contributed by atoms with E-state index in [4.69, 9.17) is 0 Å². The van der Waals surface area contributed by atoms with E-state index in [1.54, 1.807) is 0 Å². The molecule has 3 aromatic rings. The summed E-state index contributed by atoms with van der Waals surface area (Å²) in [4.78, 5) is 9.27. The van der Waals surface area contributed by atoms with Crippen LogP contribution in [0.5, 0.6) is 0 Å². The van der Waals surface area contributed by atoms with Crippen LogP contribution in [0.2, 0.25) is 0 Å². The average Bonchev–Trinajstić information content (AvgIpc) is 2.94. The zero-order valence-corrected chi connectivity index (χ0v) is 10.7. The first-order valence-corrected chi connectivity index (χ1v) is 5.88. The third kappa shape index (κ3) is 3.10. The Morgan fingerprint density at radius 1 is 0.944 bits per heavy atom. The lowest BCUT2D eigenvalue weighted by molar-refractivity contribution is 1.09. The number of hydrogen-bond acceptors (Lipinski definition) is 2. The third-order valence-electron chi connectivity index (χ3n) is 2.58. The quantitative estimate of drug-likeness (QED) is 0.706. The molecule has 1 aromatic carbocycles. The first kappa shape index (κ1) is 12.2. The maximum Gasteiger partial charge on any atom is 0.105 e. The Bertz CT molecular complexity index is 520. The molecule has 2 aromatic heterocycles. The maximum atomic E-state index is 4.18. The van der Waals surface area contributed by atoms with Gasteiger partial charge in [0, 0.05) is 31.9 Å². The number of H-pyrrole nitrogens is 1. The highest BCUT2D eigenvalue weighted by Crippen LogP contribution is 2.07. The van der Waals surface area contributed by atoms with Crippen LogP contribution in [0.25, 0.3) is 10.9 Å². The van der Waals surface area contributed by atoms with Gasteiger partial charge in [0.05, 0.1) is 5.52 Å². The molecule has 92 valence electrons. The Balaban J connectivity index is 0.000000138. The summed E-state index contributed by atoms with van der Waals surface area (Å²) in [7, 11) is 4.01. The number of aromatic amines is 1. The van der Waals surface area contributed by atoms with E-state index in [0.717, 1.165) is 11.3 Å². The summed E-state index contributed by atoms with van der Waals surface area (Å²) in [5, 5.41) is 1.20. The summed E-state index contributed by atoms with van der Waals surface area (Å²) in [6, 6.07) is 16.1. The van der Waals surface area contributed by atoms with E-state index in [2.05, 4.69) is 22.1 Å². The first-order valence-electron chi connectivity index (χ1n) is 5.88. The molecule has 0 spiro atoms. The summed E-state index contributed by atoms with van der Waals surface area (Å²) < 4.78 is 0. The van der Waals surface area contributed by atoms with Crippen LogP contribution in [-0.4, -0.2) is 24.1 Å². The number of aromatic nitrogens is 2. The van der Waals surface area contributed by atoms with Gasteiger partial charge in [-0.05, 0) is 24.3 Å². The minimum atomic E-state index is 1.06. The monoisotopic (exact) mass is 239 g/mol. The molecule has 0 aliphatic rings. The molecule has 2 heterocycles. The van der Waals surface area contributed by atoms with Gasteiger partial charge >= 0.3 is 0 Å². The molecule has 3 heteroatoms. The summed E-state index contributed by atoms with van der Waals surface area (Å²) >= 11 is 0. The molecular formula is C15H17N3. The first-order chi connectivity index (χ1) is 8.77. The zero-order chi connectivity index (χ0) is 12.8. The lowest BCUT2D eigenvalue weighted by Crippen LogP contribution is -2.08. The predicted molar refractivity (Wildman–Crippen MR) is 76.9 cm³/mol. The van der Waals surface area contributed by atoms with Gasteiger partial charge in [-0.15, -0.1) is 0 Å². The molecule has 3 nitrogen and oxygen atoms in total. The average molecular weight is 239 g/mol. The van der Waals surface area contributed by atoms with Gasteiger partial charge in [-0.2, -0.15) is 0 Å². The van der Waals surface area contributed by atoms with Gasteiger partial charge in [0.15, 0.2) is 0 Å². The van der Waals surface area contributed by atoms with Crippen LogP contribution in [0.3, 0.4) is 0 Å². The molecule has 0 aliphatic heterocycles. The Kier molecular flexibility index (Phi) is 3.97. The molecule has 1 N–H and O–H groups in total. The molecule has 0 aliphatic carbocycles. The second-order valence-electron chi connectivity index (χ2n) is 4.15. The van der Waals surface area contributed by atoms with Gasteiger partial charge in [-0.1, -0.05) is 24.3 Å². The fraction of sp³-hybridized carbons (Fsp3) is 0.133. The molecule has 0 bridgehead atoms. The molecule has 0 amide bonds. The van der Waals surface area contributed by atoms with Crippen molar-refractivity contribution in [3.63, 3.8) is 0 Å². The number of fused-ring (bicyclic) bond motifs is 1. The van der Waals surface area contributed by atoms with E-state index in [0.29, 0.717) is 0 Å². The minimum Gasteiger partial charge on any atom is -0.364 e. The van der Waals surface area contributed by atoms with E-state index in [1.165, 1.54) is 5.39 Å². The van der Waals surface area contributed by atoms with Crippen molar-refractivity contribution in [3.05, 3.63) is 60.9 Å². The molecule has 0 unspecified atom stereocenters. The van der Waals surface area contributed by atoms with Crippen molar-refractivity contribution in [3.8, 4) is 0 Å². The predicted octanol–water partition coefficient (Wildman–Crippen LogP) is 3.32. The van der Waals surface area contributed by atoms with Crippen LogP contribution in [0.15, 0.2) is 60.9 Å². The molecule has 0 atom stereocenters. The second-order valence-corrected chi connectivity index (χ2v) is 4.15. The van der Waals surface area contributed by atoms with Crippen molar-refractivity contribution in [2.45, 2.75) is 0 Å². The van der Waals surface area contributed by atoms with Crippen molar-refractivity contribution in [2.24, 2.45) is 0 Å². The largest absolute Gasteiger partial charge is 0.364 e. The highest BCUT2D eigenvalue weighted by molar-refractivity contribution is 5.77. The fourth-order valence-corrected chi connectivity index (χ4v) is 1.62. The van der Waals surface area contributed by atoms with Gasteiger partial charge in [-0.3, -0.25) is 4.98 Å². The number of nitrogens with one attached hydrogen (secondary N) is 1. The van der Waals surface area contributed by atoms with Crippen molar-refractivity contribution < 1.29 is 0 Å². The molecule has 0 radical (unpaired) electrons. The van der Waals surface area contributed by atoms with Crippen LogP contribution >= 0.6 is 0 Å². The summed E-state index contributed by atoms with van der Waals surface area (Å²) in [5.74, 6) is 1.14. The van der Waals surface area contributed by atoms with Crippen LogP contribution in [-0.2, 0) is 0 Å². The number of hydrogen-bond donors (Lipinski definition) is 1. The van der Waals surface area contributed by atoms with Crippen LogP contribution in [0.1, 0.15) is 0 Å². The third-order valence-corrected chi connectivity index (χ3v) is 2.58. The van der Waals surface area contributed by atoms with Gasteiger partial charge < -0.3 is 9.88 Å². The fourth-order valence-electron chi connectivity index (χ4n) is 1.62. The molecular weight excluding hydrogens is 222 g/mol. The normalized spacial score (nSPS) is 9.67. The Hall–Kier alpha value is -2.29. The topological polar surface area (TPSA) is 31.9 Å². The number of benzene rings is 1. The number of rotatable bonds is 1. The zero-order valence-electron chi connectivity index (χ0n) is 10.7. The van der Waals surface area contributed by atoms with Gasteiger partial charge in [-0.25, -0.2) is 0 Å². The van der Waals surface area contributed by atoms with Crippen molar-refractivity contribution in [1.82, 2.24) is 9.97 Å². The van der Waals surface area contributed by atoms with Gasteiger partial charge in [0.2, 0.25) is 0 Å². The molecule has 0 saturated heterocycles. The molecule has 3 rings (SSSR count). The van der Waals surface area contributed by atoms with E-state index in [-0.39, 0.29) is 0 Å². The van der Waals surface area contributed by atoms with Gasteiger partial charge in [0.25, 0.3) is 0 Å². The number of para-hydroxylation sites is 1. The van der Waals surface area contributed by atoms with Crippen LogP contribution < -0.4 is 4.90 Å². The van der Waals surface area contributed by atoms with E-state index >= 15 is 0 Å². The number of nitrogens with zero attached hydrogens (tertiary/aromatic N) is 2. The minimum absolute atomic E-state index is 1.06. The van der Waals surface area contributed by atoms with Crippen LogP contribution in [0, 0.1) is 0 Å². The van der Waals surface area contributed by atoms with E-state index in [9.17, 15) is 0 Å². The van der Waals surface area contributed by atoms with Crippen molar-refractivity contribution >= 4 is 16.7 Å². The Labute approximate surface area is 107 Å². The van der Waals surface area contributed by atoms with E-state index < -0.39 is 0 Å². The summed E-state index contributed by atoms with van der Waals surface area (Å²) in [6.45, 7) is 0. The smallest absolute Gasteiger partial charge is 0.105 e. The standard InChI is InChI=1S/C9H7N.C6H10N2/c1-2-6-9-8(4-1)5-3-7-10-9;1-8(2)6-4-3-5-7-6/h1-7H;3-5,7H,1-2H3. The lowest BCUT2D eigenvalue weighted by atomic mass is 10.2. The highest BCUT2D eigenvalue weighted by Gasteiger charge is 1.89. The summed E-state index contributed by atoms with van der Waals surface area (Å²) in [6.07, 6.45) is 3.72. The maximum absolute atomic E-state index is 4.18. The number of pyridine rings is 1. The highest BCUT2D eigenvalue weighted by atomic mass is 15.1. The summed E-state index contributed by atoms with van der Waals surface area (Å²) in [5.41, 5.74) is 1.06. The van der Waals surface area contributed by atoms with Crippen molar-refractivity contribution in [2.75, 3.05) is 19.0 Å². The molecule has 18 heavy (non-hydrogen) atoms. The van der Waals surface area contributed by atoms with Crippen molar-refractivity contribution in [1.29, 1.82) is 0 Å². The molecule has 0 fully saturated rings. The van der Waals surface area contributed by atoms with Crippen LogP contribution in [0.4, 0.5) is 5.82 Å². The SMILES string of the molecule is CN(C)c1ccc[nH]1.c1ccc2ncccc2c1. The molecule has 0 saturated carbocycles. The van der Waals surface area contributed by atoms with Gasteiger partial charge in [0.1, 0.15) is 5.82 Å². The Morgan fingerprint density at radius 3 is 2.33 bits per heavy atom. The number of anilines is 1. The second kappa shape index (κ2) is 5.87. The Morgan fingerprint density at radius 2 is 1.72 bits per heavy atom. The lowest BCUT2D eigenvalue weighted by Gasteiger charge is -2.07.